The van der Waals surface area contributed by atoms with E-state index in [1.54, 1.807) is 7.11 Å². The van der Waals surface area contributed by atoms with Crippen LogP contribution in [0.5, 0.6) is 5.75 Å². The maximum atomic E-state index is 9.30. The van der Waals surface area contributed by atoms with E-state index in [0.717, 1.165) is 22.4 Å². The van der Waals surface area contributed by atoms with Crippen molar-refractivity contribution in [3.63, 3.8) is 0 Å². The highest BCUT2D eigenvalue weighted by molar-refractivity contribution is 5.67. The summed E-state index contributed by atoms with van der Waals surface area (Å²) < 4.78 is 7.42. The zero-order chi connectivity index (χ0) is 15.4. The highest BCUT2D eigenvalue weighted by atomic mass is 16.5. The average molecular weight is 300 g/mol. The molecule has 0 atom stereocenters. The van der Waals surface area contributed by atoms with Gasteiger partial charge in [-0.3, -0.25) is 4.68 Å². The molecule has 1 aliphatic rings. The number of hydrogen-bond acceptors (Lipinski definition) is 3. The van der Waals surface area contributed by atoms with Gasteiger partial charge >= 0.3 is 0 Å². The predicted molar refractivity (Wildman–Crippen MR) is 87.1 cm³/mol. The number of hydrogen-bond donors (Lipinski definition) is 1. The molecule has 0 amide bonds. The summed E-state index contributed by atoms with van der Waals surface area (Å²) >= 11 is 0. The van der Waals surface area contributed by atoms with Gasteiger partial charge in [0.2, 0.25) is 0 Å². The molecule has 0 aliphatic heterocycles. The molecule has 0 radical (unpaired) electrons. The molecule has 4 heteroatoms. The van der Waals surface area contributed by atoms with Gasteiger partial charge in [0, 0.05) is 18.4 Å². The summed E-state index contributed by atoms with van der Waals surface area (Å²) in [5, 5.41) is 13.9. The summed E-state index contributed by atoms with van der Waals surface area (Å²) in [6, 6.07) is 6.58. The molecule has 1 aromatic heterocycles. The number of aliphatic hydroxyl groups excluding tert-OH is 1. The van der Waals surface area contributed by atoms with E-state index in [1.165, 1.54) is 32.1 Å². The van der Waals surface area contributed by atoms with E-state index in [-0.39, 0.29) is 6.61 Å². The lowest BCUT2D eigenvalue weighted by molar-refractivity contribution is 0.299. The van der Waals surface area contributed by atoms with Crippen LogP contribution in [0.15, 0.2) is 30.6 Å². The van der Waals surface area contributed by atoms with E-state index < -0.39 is 0 Å². The second kappa shape index (κ2) is 6.97. The lowest BCUT2D eigenvalue weighted by Crippen LogP contribution is -2.12. The van der Waals surface area contributed by atoms with E-state index in [4.69, 9.17) is 4.74 Å². The molecule has 22 heavy (non-hydrogen) atoms. The van der Waals surface area contributed by atoms with Gasteiger partial charge in [0.25, 0.3) is 0 Å². The van der Waals surface area contributed by atoms with Gasteiger partial charge in [0.1, 0.15) is 5.75 Å². The third kappa shape index (κ3) is 3.17. The fourth-order valence-corrected chi connectivity index (χ4v) is 3.33. The van der Waals surface area contributed by atoms with Gasteiger partial charge in [-0.15, -0.1) is 0 Å². The molecule has 0 unspecified atom stereocenters. The van der Waals surface area contributed by atoms with E-state index in [2.05, 4.69) is 22.0 Å². The Morgan fingerprint density at radius 3 is 2.82 bits per heavy atom. The number of methoxy groups -OCH3 is 1. The lowest BCUT2D eigenvalue weighted by atomic mass is 9.95. The molecule has 1 heterocycles. The fraction of sp³-hybridized carbons (Fsp3) is 0.500. The minimum Gasteiger partial charge on any atom is -0.497 e. The first-order chi connectivity index (χ1) is 10.8. The van der Waals surface area contributed by atoms with Crippen molar-refractivity contribution in [3.8, 4) is 16.9 Å². The average Bonchev–Trinajstić information content (AvgIpc) is 3.05. The van der Waals surface area contributed by atoms with Crippen molar-refractivity contribution in [2.24, 2.45) is 0 Å². The molecular formula is C18H24N2O2. The lowest BCUT2D eigenvalue weighted by Gasteiger charge is -2.21. The van der Waals surface area contributed by atoms with Crippen LogP contribution in [0.25, 0.3) is 11.1 Å². The summed E-state index contributed by atoms with van der Waals surface area (Å²) in [6.07, 6.45) is 11.1. The normalized spacial score (nSPS) is 15.9. The molecule has 1 N–H and O–H groups in total. The van der Waals surface area contributed by atoms with Crippen molar-refractivity contribution in [1.82, 2.24) is 9.78 Å². The van der Waals surface area contributed by atoms with Gasteiger partial charge in [-0.1, -0.05) is 25.3 Å². The minimum absolute atomic E-state index is 0.136. The van der Waals surface area contributed by atoms with Crippen molar-refractivity contribution in [3.05, 3.63) is 36.2 Å². The Bertz CT molecular complexity index is 615. The Morgan fingerprint density at radius 1 is 1.27 bits per heavy atom. The van der Waals surface area contributed by atoms with Crippen LogP contribution in [0.3, 0.4) is 0 Å². The summed E-state index contributed by atoms with van der Waals surface area (Å²) in [4.78, 5) is 0. The summed E-state index contributed by atoms with van der Waals surface area (Å²) in [5.41, 5.74) is 3.36. The predicted octanol–water partition coefficient (Wildman–Crippen LogP) is 3.60. The highest BCUT2D eigenvalue weighted by Gasteiger charge is 2.17. The van der Waals surface area contributed by atoms with Gasteiger partial charge < -0.3 is 9.84 Å². The maximum absolute atomic E-state index is 9.30. The number of nitrogens with zero attached hydrogens (tertiary/aromatic N) is 2. The Hall–Kier alpha value is -1.81. The maximum Gasteiger partial charge on any atom is 0.119 e. The smallest absolute Gasteiger partial charge is 0.119 e. The molecule has 3 rings (SSSR count). The molecule has 4 nitrogen and oxygen atoms in total. The van der Waals surface area contributed by atoms with Crippen molar-refractivity contribution >= 4 is 0 Å². The molecule has 0 saturated heterocycles. The molecule has 1 saturated carbocycles. The van der Waals surface area contributed by atoms with E-state index in [9.17, 15) is 5.11 Å². The van der Waals surface area contributed by atoms with Crippen LogP contribution in [-0.4, -0.2) is 28.6 Å². The standard InChI is InChI=1S/C18H24N2O2/c1-22-17-7-8-18(14(11-17)9-10-21)15-12-19-20(13-15)16-5-3-2-4-6-16/h7-8,11-13,16,21H,2-6,9-10H2,1H3. The van der Waals surface area contributed by atoms with Crippen LogP contribution in [-0.2, 0) is 6.42 Å². The number of ether oxygens (including phenoxy) is 1. The van der Waals surface area contributed by atoms with Crippen LogP contribution in [0, 0.1) is 0 Å². The first-order valence-electron chi connectivity index (χ1n) is 8.14. The summed E-state index contributed by atoms with van der Waals surface area (Å²) in [7, 11) is 1.67. The van der Waals surface area contributed by atoms with Gasteiger partial charge in [-0.25, -0.2) is 0 Å². The van der Waals surface area contributed by atoms with Crippen molar-refractivity contribution in [2.45, 2.75) is 44.6 Å². The minimum atomic E-state index is 0.136. The quantitative estimate of drug-likeness (QED) is 0.917. The number of aromatic nitrogens is 2. The van der Waals surface area contributed by atoms with E-state index in [1.807, 2.05) is 18.3 Å². The Morgan fingerprint density at radius 2 is 2.09 bits per heavy atom. The first kappa shape index (κ1) is 15.1. The van der Waals surface area contributed by atoms with Crippen molar-refractivity contribution < 1.29 is 9.84 Å². The molecule has 1 fully saturated rings. The second-order valence-corrected chi connectivity index (χ2v) is 6.00. The topological polar surface area (TPSA) is 47.3 Å². The van der Waals surface area contributed by atoms with E-state index >= 15 is 0 Å². The van der Waals surface area contributed by atoms with Crippen molar-refractivity contribution in [2.75, 3.05) is 13.7 Å². The monoisotopic (exact) mass is 300 g/mol. The van der Waals surface area contributed by atoms with Crippen molar-refractivity contribution in [1.29, 1.82) is 0 Å². The van der Waals surface area contributed by atoms with Crippen LogP contribution in [0.1, 0.15) is 43.7 Å². The Balaban J connectivity index is 1.88. The van der Waals surface area contributed by atoms with Crippen LogP contribution in [0.4, 0.5) is 0 Å². The molecule has 1 aliphatic carbocycles. The third-order valence-electron chi connectivity index (χ3n) is 4.55. The van der Waals surface area contributed by atoms with Crippen LogP contribution in [0.2, 0.25) is 0 Å². The molecule has 0 spiro atoms. The first-order valence-corrected chi connectivity index (χ1v) is 8.14. The zero-order valence-corrected chi connectivity index (χ0v) is 13.2. The second-order valence-electron chi connectivity index (χ2n) is 6.00. The SMILES string of the molecule is COc1ccc(-c2cnn(C3CCCCC3)c2)c(CCO)c1. The zero-order valence-electron chi connectivity index (χ0n) is 13.2. The van der Waals surface area contributed by atoms with Gasteiger partial charge in [-0.2, -0.15) is 5.10 Å². The van der Waals surface area contributed by atoms with Crippen LogP contribution >= 0.6 is 0 Å². The summed E-state index contributed by atoms with van der Waals surface area (Å²) in [5.74, 6) is 0.826. The molecular weight excluding hydrogens is 276 g/mol. The number of benzene rings is 1. The van der Waals surface area contributed by atoms with Crippen LogP contribution < -0.4 is 4.74 Å². The van der Waals surface area contributed by atoms with E-state index in [0.29, 0.717) is 12.5 Å². The number of rotatable bonds is 5. The van der Waals surface area contributed by atoms with Gasteiger partial charge in [0.15, 0.2) is 0 Å². The molecule has 1 aromatic carbocycles. The molecule has 0 bridgehead atoms. The summed E-state index contributed by atoms with van der Waals surface area (Å²) in [6.45, 7) is 0.136. The largest absolute Gasteiger partial charge is 0.497 e. The Labute approximate surface area is 131 Å². The molecule has 2 aromatic rings. The number of aliphatic hydroxyl groups is 1. The highest BCUT2D eigenvalue weighted by Crippen LogP contribution is 2.31. The Kier molecular flexibility index (Phi) is 4.78. The van der Waals surface area contributed by atoms with Gasteiger partial charge in [-0.05, 0) is 42.5 Å². The van der Waals surface area contributed by atoms with Gasteiger partial charge in [0.05, 0.1) is 19.3 Å². The molecule has 118 valence electrons. The third-order valence-corrected chi connectivity index (χ3v) is 4.55. The fourth-order valence-electron chi connectivity index (χ4n) is 3.33.